The summed E-state index contributed by atoms with van der Waals surface area (Å²) < 4.78 is 5.12. The normalized spacial score (nSPS) is 13.6. The van der Waals surface area contributed by atoms with Crippen LogP contribution >= 0.6 is 7.80 Å². The molecule has 0 fully saturated rings. The summed E-state index contributed by atoms with van der Waals surface area (Å²) in [4.78, 5) is 62.3. The summed E-state index contributed by atoms with van der Waals surface area (Å²) in [7, 11) is 4.27. The van der Waals surface area contributed by atoms with Crippen LogP contribution < -0.4 is 21.3 Å². The van der Waals surface area contributed by atoms with Crippen molar-refractivity contribution in [3.63, 3.8) is 0 Å². The van der Waals surface area contributed by atoms with E-state index in [0.29, 0.717) is 6.42 Å². The van der Waals surface area contributed by atoms with Crippen molar-refractivity contribution in [2.24, 2.45) is 5.92 Å². The maximum Gasteiger partial charge on any atom is 0.408 e. The summed E-state index contributed by atoms with van der Waals surface area (Å²) in [6, 6.07) is 7.12. The van der Waals surface area contributed by atoms with Gasteiger partial charge in [-0.25, -0.2) is 4.79 Å². The molecule has 0 saturated heterocycles. The van der Waals surface area contributed by atoms with Crippen molar-refractivity contribution < 1.29 is 28.7 Å². The average Bonchev–Trinajstić information content (AvgIpc) is 2.79. The van der Waals surface area contributed by atoms with Gasteiger partial charge in [0.25, 0.3) is 0 Å². The predicted octanol–water partition coefficient (Wildman–Crippen LogP) is 1.61. The molecule has 0 bridgehead atoms. The third kappa shape index (κ3) is 13.8. The first-order valence-corrected chi connectivity index (χ1v) is 13.9. The molecule has 1 rings (SSSR count). The molecule has 3 atom stereocenters. The van der Waals surface area contributed by atoms with Crippen LogP contribution in [0.4, 0.5) is 4.79 Å². The first-order chi connectivity index (χ1) is 17.2. The lowest BCUT2D eigenvalue weighted by Crippen LogP contribution is -2.56. The van der Waals surface area contributed by atoms with Gasteiger partial charge >= 0.3 is 6.09 Å². The zero-order valence-electron chi connectivity index (χ0n) is 22.4. The smallest absolute Gasteiger partial charge is 0.408 e. The van der Waals surface area contributed by atoms with Crippen LogP contribution in [0.2, 0.25) is 0 Å². The Morgan fingerprint density at radius 1 is 0.919 bits per heavy atom. The molecular formula is C25H38BN4O6P. The maximum absolute atomic E-state index is 13.2. The molecule has 0 saturated carbocycles. The minimum atomic E-state index is -1.34. The lowest BCUT2D eigenvalue weighted by atomic mass is 10.0. The third-order valence-corrected chi connectivity index (χ3v) is 5.82. The number of nitrogens with one attached hydrogen (secondary N) is 4. The van der Waals surface area contributed by atoms with Crippen LogP contribution in [-0.2, 0) is 30.3 Å². The number of amides is 4. The van der Waals surface area contributed by atoms with Crippen LogP contribution in [0.5, 0.6) is 0 Å². The van der Waals surface area contributed by atoms with E-state index in [-0.39, 0.29) is 24.4 Å². The highest BCUT2D eigenvalue weighted by Gasteiger charge is 2.28. The molecule has 2 radical (unpaired) electrons. The van der Waals surface area contributed by atoms with Gasteiger partial charge in [0.15, 0.2) is 5.52 Å². The van der Waals surface area contributed by atoms with Gasteiger partial charge in [0.2, 0.25) is 17.7 Å². The SMILES string of the molecule is [B]P(C)C(=O)CNC(=O)C(CC(C)C)NC(=O)C(Cc1ccccc1)NC(=O)CNC(=O)OC(C)(C)C. The lowest BCUT2D eigenvalue weighted by molar-refractivity contribution is -0.132. The van der Waals surface area contributed by atoms with Crippen molar-refractivity contribution in [3.8, 4) is 0 Å². The molecule has 0 aromatic heterocycles. The third-order valence-electron chi connectivity index (χ3n) is 4.87. The van der Waals surface area contributed by atoms with Crippen molar-refractivity contribution in [3.05, 3.63) is 35.9 Å². The number of benzene rings is 1. The number of carbonyl (C=O) groups excluding carboxylic acids is 5. The van der Waals surface area contributed by atoms with Crippen molar-refractivity contribution in [1.29, 1.82) is 0 Å². The molecule has 0 aliphatic heterocycles. The van der Waals surface area contributed by atoms with Crippen LogP contribution in [0.3, 0.4) is 0 Å². The quantitative estimate of drug-likeness (QED) is 0.225. The van der Waals surface area contributed by atoms with E-state index in [2.05, 4.69) is 21.3 Å². The van der Waals surface area contributed by atoms with Crippen molar-refractivity contribution >= 4 is 44.7 Å². The molecule has 1 aromatic carbocycles. The van der Waals surface area contributed by atoms with Gasteiger partial charge in [-0.15, -0.1) is 0 Å². The Kier molecular flexibility index (Phi) is 13.3. The summed E-state index contributed by atoms with van der Waals surface area (Å²) >= 11 is 0. The molecule has 0 heterocycles. The Morgan fingerprint density at radius 3 is 2.08 bits per heavy atom. The predicted molar refractivity (Wildman–Crippen MR) is 144 cm³/mol. The molecule has 202 valence electrons. The minimum absolute atomic E-state index is 0.0600. The highest BCUT2D eigenvalue weighted by molar-refractivity contribution is 7.94. The fraction of sp³-hybridized carbons (Fsp3) is 0.560. The van der Waals surface area contributed by atoms with Crippen molar-refractivity contribution in [2.75, 3.05) is 19.8 Å². The molecule has 0 aliphatic carbocycles. The zero-order chi connectivity index (χ0) is 28.2. The molecule has 10 nitrogen and oxygen atoms in total. The fourth-order valence-corrected chi connectivity index (χ4v) is 3.49. The van der Waals surface area contributed by atoms with Crippen LogP contribution in [-0.4, -0.2) is 74.3 Å². The van der Waals surface area contributed by atoms with E-state index in [1.165, 1.54) is 0 Å². The number of hydrogen-bond acceptors (Lipinski definition) is 6. The van der Waals surface area contributed by atoms with Gasteiger partial charge in [0.05, 0.1) is 6.54 Å². The second-order valence-electron chi connectivity index (χ2n) is 10.1. The first kappa shape index (κ1) is 32.1. The van der Waals surface area contributed by atoms with E-state index in [4.69, 9.17) is 12.3 Å². The number of carbonyl (C=O) groups is 5. The zero-order valence-corrected chi connectivity index (χ0v) is 23.3. The lowest BCUT2D eigenvalue weighted by Gasteiger charge is -2.24. The molecule has 4 amide bonds. The van der Waals surface area contributed by atoms with Crippen LogP contribution in [0.1, 0.15) is 46.6 Å². The Hall–Kier alpha value is -2.94. The van der Waals surface area contributed by atoms with Crippen LogP contribution in [0.15, 0.2) is 30.3 Å². The Bertz CT molecular complexity index is 937. The van der Waals surface area contributed by atoms with E-state index in [0.717, 1.165) is 5.56 Å². The fourth-order valence-electron chi connectivity index (χ4n) is 3.16. The standard InChI is InChI=1S/C25H38BN4O6P/c1-16(2)12-18(22(33)27-15-21(32)37(6)26)30-23(34)19(13-17-10-8-7-9-11-17)29-20(31)14-28-24(35)36-25(3,4)5/h7-11,16,18-19H,12-15H2,1-6H3,(H,27,33)(H,28,35)(H,29,31)(H,30,34). The Labute approximate surface area is 221 Å². The molecule has 3 unspecified atom stereocenters. The molecule has 1 aromatic rings. The number of alkyl carbamates (subject to hydrolysis) is 1. The van der Waals surface area contributed by atoms with Gasteiger partial charge in [-0.3, -0.25) is 19.2 Å². The Morgan fingerprint density at radius 2 is 1.54 bits per heavy atom. The molecule has 12 heteroatoms. The van der Waals surface area contributed by atoms with Crippen molar-refractivity contribution in [2.45, 2.75) is 65.1 Å². The maximum atomic E-state index is 13.2. The summed E-state index contributed by atoms with van der Waals surface area (Å²) in [5.41, 5.74) is -0.210. The van der Waals surface area contributed by atoms with Crippen LogP contribution in [0, 0.1) is 5.92 Å². The first-order valence-electron chi connectivity index (χ1n) is 12.1. The van der Waals surface area contributed by atoms with Gasteiger partial charge in [0, 0.05) is 6.42 Å². The van der Waals surface area contributed by atoms with Crippen molar-refractivity contribution in [1.82, 2.24) is 21.3 Å². The number of ether oxygens (including phenoxy) is 1. The van der Waals surface area contributed by atoms with E-state index >= 15 is 0 Å². The highest BCUT2D eigenvalue weighted by atomic mass is 31.1. The van der Waals surface area contributed by atoms with E-state index in [1.807, 2.05) is 44.2 Å². The van der Waals surface area contributed by atoms with Gasteiger partial charge in [-0.05, 0) is 45.3 Å². The summed E-state index contributed by atoms with van der Waals surface area (Å²) in [5.74, 6) is -1.62. The monoisotopic (exact) mass is 532 g/mol. The molecular weight excluding hydrogens is 494 g/mol. The molecule has 0 spiro atoms. The second kappa shape index (κ2) is 15.3. The largest absolute Gasteiger partial charge is 0.444 e. The summed E-state index contributed by atoms with van der Waals surface area (Å²) in [5, 5.41) is 10.2. The summed E-state index contributed by atoms with van der Waals surface area (Å²) in [6.07, 6.45) is -0.281. The van der Waals surface area contributed by atoms with Gasteiger partial charge in [-0.1, -0.05) is 52.0 Å². The molecule has 0 aliphatic rings. The van der Waals surface area contributed by atoms with Gasteiger partial charge < -0.3 is 26.0 Å². The van der Waals surface area contributed by atoms with Crippen LogP contribution in [0.25, 0.3) is 0 Å². The topological polar surface area (TPSA) is 143 Å². The minimum Gasteiger partial charge on any atom is -0.444 e. The molecule has 4 N–H and O–H groups in total. The molecule has 37 heavy (non-hydrogen) atoms. The second-order valence-corrected chi connectivity index (χ2v) is 11.8. The van der Waals surface area contributed by atoms with E-state index in [1.54, 1.807) is 27.4 Å². The Balaban J connectivity index is 2.94. The number of rotatable bonds is 13. The van der Waals surface area contributed by atoms with E-state index in [9.17, 15) is 24.0 Å². The highest BCUT2D eigenvalue weighted by Crippen LogP contribution is 2.22. The average molecular weight is 532 g/mol. The summed E-state index contributed by atoms with van der Waals surface area (Å²) in [6.45, 7) is 9.86. The van der Waals surface area contributed by atoms with E-state index < -0.39 is 55.8 Å². The number of hydrogen-bond donors (Lipinski definition) is 4. The van der Waals surface area contributed by atoms with Gasteiger partial charge in [-0.2, -0.15) is 0 Å². The van der Waals surface area contributed by atoms with Gasteiger partial charge in [0.1, 0.15) is 31.8 Å².